The number of aromatic nitrogens is 2. The first kappa shape index (κ1) is 24.2. The van der Waals surface area contributed by atoms with Crippen LogP contribution in [0.15, 0.2) is 65.7 Å². The largest absolute Gasteiger partial charge is 0.573 e. The first-order valence-electron chi connectivity index (χ1n) is 10.2. The average molecular weight is 510 g/mol. The highest BCUT2D eigenvalue weighted by atomic mass is 35.5. The zero-order valence-corrected chi connectivity index (χ0v) is 19.7. The summed E-state index contributed by atoms with van der Waals surface area (Å²) >= 11 is 12.6. The normalized spacial score (nSPS) is 13.5. The number of halogens is 5. The van der Waals surface area contributed by atoms with Crippen molar-refractivity contribution >= 4 is 39.9 Å². The number of hydrogen-bond acceptors (Lipinski definition) is 3. The fourth-order valence-corrected chi connectivity index (χ4v) is 4.08. The molecule has 0 saturated heterocycles. The van der Waals surface area contributed by atoms with Crippen molar-refractivity contribution in [2.45, 2.75) is 25.9 Å². The highest BCUT2D eigenvalue weighted by molar-refractivity contribution is 6.42. The summed E-state index contributed by atoms with van der Waals surface area (Å²) in [4.78, 5) is 4.72. The van der Waals surface area contributed by atoms with E-state index in [1.54, 1.807) is 12.1 Å². The summed E-state index contributed by atoms with van der Waals surface area (Å²) in [5.41, 5.74) is 4.30. The Hall–Kier alpha value is -2.94. The number of imidazole rings is 1. The number of benzene rings is 3. The fraction of sp³-hybridized carbons (Fsp3) is 0.208. The van der Waals surface area contributed by atoms with Gasteiger partial charge in [-0.05, 0) is 54.4 Å². The van der Waals surface area contributed by atoms with Crippen molar-refractivity contribution in [1.29, 1.82) is 0 Å². The average Bonchev–Trinajstić information content (AvgIpc) is 3.04. The second-order valence-electron chi connectivity index (χ2n) is 7.71. The van der Waals surface area contributed by atoms with Crippen molar-refractivity contribution < 1.29 is 23.0 Å². The summed E-state index contributed by atoms with van der Waals surface area (Å²) in [6.45, 7) is 1.94. The van der Waals surface area contributed by atoms with Gasteiger partial charge in [-0.15, -0.1) is 13.2 Å². The van der Waals surface area contributed by atoms with Crippen LogP contribution in [0.4, 0.5) is 18.9 Å². The number of alkyl halides is 3. The predicted molar refractivity (Wildman–Crippen MR) is 125 cm³/mol. The molecule has 4 rings (SSSR count). The van der Waals surface area contributed by atoms with Crippen molar-refractivity contribution in [3.8, 4) is 5.75 Å². The minimum absolute atomic E-state index is 0.0567. The van der Waals surface area contributed by atoms with Crippen LogP contribution in [0.2, 0.25) is 10.0 Å². The van der Waals surface area contributed by atoms with E-state index in [1.165, 1.54) is 24.3 Å². The lowest BCUT2D eigenvalue weighted by molar-refractivity contribution is -0.274. The van der Waals surface area contributed by atoms with Crippen molar-refractivity contribution in [2.75, 3.05) is 0 Å². The number of aliphatic hydroxyl groups is 1. The molecule has 0 bridgehead atoms. The molecular weight excluding hydrogens is 490 g/mol. The standard InChI is InChI=1S/C24H20Cl2F3N3O2/c1-14(16-5-3-15(13-33)4-6-16)32-22-12-20(26)19(25)11-21(22)31(2)23(32)30-17-7-9-18(10-8-17)34-24(27,28)29/h3-12,14,33H,13H2,1-2H3/b30-23+. The van der Waals surface area contributed by atoms with Crippen LogP contribution in [0, 0.1) is 0 Å². The van der Waals surface area contributed by atoms with Gasteiger partial charge in [0.1, 0.15) is 5.75 Å². The Kier molecular flexibility index (Phi) is 6.66. The fourth-order valence-electron chi connectivity index (χ4n) is 3.76. The Morgan fingerprint density at radius 1 is 0.971 bits per heavy atom. The monoisotopic (exact) mass is 509 g/mol. The van der Waals surface area contributed by atoms with Crippen LogP contribution in [0.25, 0.3) is 11.0 Å². The molecule has 1 aromatic heterocycles. The van der Waals surface area contributed by atoms with E-state index in [0.717, 1.165) is 22.2 Å². The lowest BCUT2D eigenvalue weighted by Crippen LogP contribution is -2.27. The number of hydrogen-bond donors (Lipinski definition) is 1. The van der Waals surface area contributed by atoms with Crippen molar-refractivity contribution in [2.24, 2.45) is 12.0 Å². The third kappa shape index (κ3) is 4.94. The van der Waals surface area contributed by atoms with Crippen LogP contribution in [0.3, 0.4) is 0 Å². The van der Waals surface area contributed by atoms with Crippen LogP contribution in [0.5, 0.6) is 5.75 Å². The summed E-state index contributed by atoms with van der Waals surface area (Å²) < 4.78 is 45.2. The SMILES string of the molecule is CC(c1ccc(CO)cc1)n1/c(=N/c2ccc(OC(F)(F)F)cc2)n(C)c2cc(Cl)c(Cl)cc21. The molecule has 1 atom stereocenters. The van der Waals surface area contributed by atoms with Crippen LogP contribution >= 0.6 is 23.2 Å². The third-order valence-electron chi connectivity index (χ3n) is 5.49. The lowest BCUT2D eigenvalue weighted by Gasteiger charge is -2.16. The van der Waals surface area contributed by atoms with E-state index in [4.69, 9.17) is 28.2 Å². The zero-order valence-electron chi connectivity index (χ0n) is 18.1. The second-order valence-corrected chi connectivity index (χ2v) is 8.53. The molecule has 0 aliphatic rings. The Morgan fingerprint density at radius 3 is 2.12 bits per heavy atom. The third-order valence-corrected chi connectivity index (χ3v) is 6.21. The Labute approximate surface area is 203 Å². The van der Waals surface area contributed by atoms with Gasteiger partial charge in [0.25, 0.3) is 0 Å². The maximum Gasteiger partial charge on any atom is 0.573 e. The van der Waals surface area contributed by atoms with Crippen molar-refractivity contribution in [3.05, 3.63) is 87.5 Å². The van der Waals surface area contributed by atoms with E-state index >= 15 is 0 Å². The summed E-state index contributed by atoms with van der Waals surface area (Å²) in [6.07, 6.45) is -4.77. The molecule has 178 valence electrons. The predicted octanol–water partition coefficient (Wildman–Crippen LogP) is 6.52. The van der Waals surface area contributed by atoms with Gasteiger partial charge in [0, 0.05) is 7.05 Å². The number of fused-ring (bicyclic) bond motifs is 1. The van der Waals surface area contributed by atoms with E-state index in [-0.39, 0.29) is 18.4 Å². The molecule has 0 aliphatic carbocycles. The lowest BCUT2D eigenvalue weighted by atomic mass is 10.1. The molecule has 1 heterocycles. The van der Waals surface area contributed by atoms with Crippen molar-refractivity contribution in [1.82, 2.24) is 9.13 Å². The zero-order chi connectivity index (χ0) is 24.6. The molecule has 0 aliphatic heterocycles. The molecule has 1 N–H and O–H groups in total. The van der Waals surface area contributed by atoms with Gasteiger partial charge in [-0.25, -0.2) is 4.99 Å². The Bertz CT molecular complexity index is 1390. The highest BCUT2D eigenvalue weighted by Gasteiger charge is 2.31. The molecule has 0 amide bonds. The molecule has 0 saturated carbocycles. The molecule has 0 radical (unpaired) electrons. The molecule has 1 unspecified atom stereocenters. The van der Waals surface area contributed by atoms with Gasteiger partial charge in [-0.3, -0.25) is 0 Å². The van der Waals surface area contributed by atoms with Gasteiger partial charge in [0.15, 0.2) is 0 Å². The summed E-state index contributed by atoms with van der Waals surface area (Å²) in [5.74, 6) is -0.327. The van der Waals surface area contributed by atoms with Crippen LogP contribution in [-0.2, 0) is 13.7 Å². The van der Waals surface area contributed by atoms with Gasteiger partial charge in [-0.2, -0.15) is 0 Å². The van der Waals surface area contributed by atoms with Gasteiger partial charge in [0.05, 0.1) is 39.4 Å². The minimum Gasteiger partial charge on any atom is -0.406 e. The van der Waals surface area contributed by atoms with E-state index in [9.17, 15) is 18.3 Å². The van der Waals surface area contributed by atoms with E-state index in [1.807, 2.05) is 47.4 Å². The van der Waals surface area contributed by atoms with Gasteiger partial charge in [-0.1, -0.05) is 47.5 Å². The number of nitrogens with zero attached hydrogens (tertiary/aromatic N) is 3. The molecule has 0 fully saturated rings. The highest BCUT2D eigenvalue weighted by Crippen LogP contribution is 2.31. The Morgan fingerprint density at radius 2 is 1.56 bits per heavy atom. The summed E-state index contributed by atoms with van der Waals surface area (Å²) in [6, 6.07) is 16.2. The van der Waals surface area contributed by atoms with Gasteiger partial charge >= 0.3 is 6.36 Å². The topological polar surface area (TPSA) is 51.7 Å². The number of ether oxygens (including phenoxy) is 1. The van der Waals surface area contributed by atoms with Crippen LogP contribution in [0.1, 0.15) is 24.1 Å². The number of aliphatic hydroxyl groups excluding tert-OH is 1. The summed E-state index contributed by atoms with van der Waals surface area (Å²) in [7, 11) is 1.82. The smallest absolute Gasteiger partial charge is 0.406 e. The quantitative estimate of drug-likeness (QED) is 0.333. The molecular formula is C24H20Cl2F3N3O2. The molecule has 4 aromatic rings. The van der Waals surface area contributed by atoms with Gasteiger partial charge in [0.2, 0.25) is 5.62 Å². The summed E-state index contributed by atoms with van der Waals surface area (Å²) in [5, 5.41) is 10.1. The van der Waals surface area contributed by atoms with Crippen LogP contribution < -0.4 is 10.4 Å². The first-order valence-corrected chi connectivity index (χ1v) is 11.0. The van der Waals surface area contributed by atoms with E-state index in [0.29, 0.717) is 21.4 Å². The van der Waals surface area contributed by atoms with Gasteiger partial charge < -0.3 is 19.0 Å². The molecule has 5 nitrogen and oxygen atoms in total. The molecule has 34 heavy (non-hydrogen) atoms. The maximum atomic E-state index is 12.5. The number of rotatable bonds is 5. The first-order chi connectivity index (χ1) is 16.1. The molecule has 10 heteroatoms. The van der Waals surface area contributed by atoms with E-state index in [2.05, 4.69) is 4.74 Å². The van der Waals surface area contributed by atoms with E-state index < -0.39 is 6.36 Å². The van der Waals surface area contributed by atoms with Crippen molar-refractivity contribution in [3.63, 3.8) is 0 Å². The number of aryl methyl sites for hydroxylation is 1. The minimum atomic E-state index is -4.77. The van der Waals surface area contributed by atoms with Crippen LogP contribution in [-0.4, -0.2) is 20.6 Å². The maximum absolute atomic E-state index is 12.5. The Balaban J connectivity index is 1.89. The molecule has 0 spiro atoms. The second kappa shape index (κ2) is 9.37. The molecule has 3 aromatic carbocycles.